The molecule has 0 aliphatic heterocycles. The molecule has 116 valence electrons. The van der Waals surface area contributed by atoms with Crippen molar-refractivity contribution >= 4 is 28.9 Å². The van der Waals surface area contributed by atoms with Gasteiger partial charge in [0.05, 0.1) is 12.0 Å². The zero-order valence-electron chi connectivity index (χ0n) is 12.3. The largest absolute Gasteiger partial charge is 0.390 e. The van der Waals surface area contributed by atoms with Gasteiger partial charge in [0.1, 0.15) is 0 Å². The summed E-state index contributed by atoms with van der Waals surface area (Å²) in [4.78, 5) is 12.1. The minimum Gasteiger partial charge on any atom is -0.390 e. The fourth-order valence-corrected chi connectivity index (χ4v) is 2.06. The first kappa shape index (κ1) is 16.3. The summed E-state index contributed by atoms with van der Waals surface area (Å²) >= 11 is 5.53. The number of amides is 1. The van der Waals surface area contributed by atoms with Crippen LogP contribution < -0.4 is 10.6 Å². The van der Waals surface area contributed by atoms with E-state index in [1.54, 1.807) is 6.07 Å². The molecule has 0 radical (unpaired) electrons. The average Bonchev–Trinajstić information content (AvgIpc) is 2.53. The van der Waals surface area contributed by atoms with Crippen molar-refractivity contribution in [1.29, 1.82) is 0 Å². The molecule has 2 aromatic carbocycles. The third-order valence-electron chi connectivity index (χ3n) is 3.14. The lowest BCUT2D eigenvalue weighted by atomic mass is 10.1. The molecule has 4 nitrogen and oxygen atoms in total. The van der Waals surface area contributed by atoms with Gasteiger partial charge < -0.3 is 15.7 Å². The van der Waals surface area contributed by atoms with E-state index < -0.39 is 6.10 Å². The number of nitrogens with one attached hydrogen (secondary N) is 2. The van der Waals surface area contributed by atoms with Gasteiger partial charge in [-0.05, 0) is 43.3 Å². The van der Waals surface area contributed by atoms with E-state index in [2.05, 4.69) is 10.6 Å². The van der Waals surface area contributed by atoms with E-state index in [9.17, 15) is 9.90 Å². The van der Waals surface area contributed by atoms with E-state index in [1.807, 2.05) is 49.4 Å². The molecular weight excluding hydrogens is 300 g/mol. The molecule has 1 unspecified atom stereocenters. The Morgan fingerprint density at radius 1 is 1.18 bits per heavy atom. The van der Waals surface area contributed by atoms with E-state index in [0.29, 0.717) is 12.1 Å². The summed E-state index contributed by atoms with van der Waals surface area (Å²) in [6.07, 6.45) is -0.581. The number of benzene rings is 2. The molecular formula is C17H19ClN2O2. The lowest BCUT2D eigenvalue weighted by Gasteiger charge is -2.11. The summed E-state index contributed by atoms with van der Waals surface area (Å²) < 4.78 is 0. The Morgan fingerprint density at radius 3 is 2.50 bits per heavy atom. The summed E-state index contributed by atoms with van der Waals surface area (Å²) in [5.41, 5.74) is 3.25. The standard InChI is InChI=1S/C17H19ClN2O2/c1-12-3-2-4-13(9-12)17(22)20-15-7-5-14(6-8-15)19-11-16(21)10-18/h2-9,16,19,21H,10-11H2,1H3,(H,20,22). The molecule has 1 amide bonds. The highest BCUT2D eigenvalue weighted by molar-refractivity contribution is 6.18. The summed E-state index contributed by atoms with van der Waals surface area (Å²) in [5.74, 6) is 0.0550. The summed E-state index contributed by atoms with van der Waals surface area (Å²) in [6, 6.07) is 14.7. The van der Waals surface area contributed by atoms with Crippen LogP contribution in [0, 0.1) is 6.92 Å². The summed E-state index contributed by atoms with van der Waals surface area (Å²) in [5, 5.41) is 15.3. The van der Waals surface area contributed by atoms with E-state index >= 15 is 0 Å². The van der Waals surface area contributed by atoms with Crippen molar-refractivity contribution in [3.8, 4) is 0 Å². The lowest BCUT2D eigenvalue weighted by Crippen LogP contribution is -2.20. The molecule has 0 fully saturated rings. The van der Waals surface area contributed by atoms with Gasteiger partial charge in [-0.25, -0.2) is 0 Å². The van der Waals surface area contributed by atoms with E-state index in [4.69, 9.17) is 11.6 Å². The Hall–Kier alpha value is -2.04. The number of halogens is 1. The minimum atomic E-state index is -0.581. The van der Waals surface area contributed by atoms with E-state index in [0.717, 1.165) is 16.9 Å². The van der Waals surface area contributed by atoms with Gasteiger partial charge in [0.25, 0.3) is 5.91 Å². The Balaban J connectivity index is 1.95. The molecule has 2 aromatic rings. The second-order valence-corrected chi connectivity index (χ2v) is 5.40. The van der Waals surface area contributed by atoms with Crippen LogP contribution in [0.25, 0.3) is 0 Å². The lowest BCUT2D eigenvalue weighted by molar-refractivity contribution is 0.102. The van der Waals surface area contributed by atoms with Crippen molar-refractivity contribution in [1.82, 2.24) is 0 Å². The zero-order chi connectivity index (χ0) is 15.9. The van der Waals surface area contributed by atoms with Crippen LogP contribution in [0.5, 0.6) is 0 Å². The summed E-state index contributed by atoms with van der Waals surface area (Å²) in [6.45, 7) is 2.34. The Bertz CT molecular complexity index is 629. The van der Waals surface area contributed by atoms with Crippen LogP contribution in [0.4, 0.5) is 11.4 Å². The SMILES string of the molecule is Cc1cccc(C(=O)Nc2ccc(NCC(O)CCl)cc2)c1. The molecule has 1 atom stereocenters. The molecule has 0 saturated heterocycles. The second kappa shape index (κ2) is 7.82. The van der Waals surface area contributed by atoms with Crippen LogP contribution in [-0.4, -0.2) is 29.5 Å². The minimum absolute atomic E-state index is 0.137. The van der Waals surface area contributed by atoms with Gasteiger partial charge in [0, 0.05) is 23.5 Å². The van der Waals surface area contributed by atoms with Crippen LogP contribution in [0.3, 0.4) is 0 Å². The van der Waals surface area contributed by atoms with Crippen molar-refractivity contribution < 1.29 is 9.90 Å². The maximum Gasteiger partial charge on any atom is 0.255 e. The van der Waals surface area contributed by atoms with Gasteiger partial charge >= 0.3 is 0 Å². The molecule has 0 aliphatic rings. The Kier molecular flexibility index (Phi) is 5.81. The zero-order valence-corrected chi connectivity index (χ0v) is 13.1. The molecule has 0 saturated carbocycles. The third-order valence-corrected chi connectivity index (χ3v) is 3.50. The first-order valence-corrected chi connectivity index (χ1v) is 7.58. The molecule has 22 heavy (non-hydrogen) atoms. The quantitative estimate of drug-likeness (QED) is 0.716. The van der Waals surface area contributed by atoms with Crippen molar-refractivity contribution in [2.24, 2.45) is 0 Å². The normalized spacial score (nSPS) is 11.8. The molecule has 0 bridgehead atoms. The molecule has 3 N–H and O–H groups in total. The van der Waals surface area contributed by atoms with Gasteiger partial charge in [0.15, 0.2) is 0 Å². The second-order valence-electron chi connectivity index (χ2n) is 5.09. The first-order chi connectivity index (χ1) is 10.6. The Morgan fingerprint density at radius 2 is 1.86 bits per heavy atom. The molecule has 0 aromatic heterocycles. The van der Waals surface area contributed by atoms with Crippen LogP contribution >= 0.6 is 11.6 Å². The van der Waals surface area contributed by atoms with Gasteiger partial charge in [-0.15, -0.1) is 11.6 Å². The molecule has 0 spiro atoms. The predicted octanol–water partition coefficient (Wildman–Crippen LogP) is 3.26. The van der Waals surface area contributed by atoms with Crippen LogP contribution in [0.1, 0.15) is 15.9 Å². The third kappa shape index (κ3) is 4.76. The number of hydrogen-bond acceptors (Lipinski definition) is 3. The van der Waals surface area contributed by atoms with Crippen molar-refractivity contribution in [2.45, 2.75) is 13.0 Å². The Labute approximate surface area is 135 Å². The van der Waals surface area contributed by atoms with E-state index in [-0.39, 0.29) is 11.8 Å². The maximum absolute atomic E-state index is 12.1. The number of aliphatic hydroxyl groups is 1. The first-order valence-electron chi connectivity index (χ1n) is 7.04. The van der Waals surface area contributed by atoms with Gasteiger partial charge in [-0.3, -0.25) is 4.79 Å². The number of carbonyl (C=O) groups is 1. The number of rotatable bonds is 6. The number of aryl methyl sites for hydroxylation is 1. The number of carbonyl (C=O) groups excluding carboxylic acids is 1. The number of anilines is 2. The molecule has 0 aliphatic carbocycles. The maximum atomic E-state index is 12.1. The monoisotopic (exact) mass is 318 g/mol. The number of alkyl halides is 1. The topological polar surface area (TPSA) is 61.4 Å². The van der Waals surface area contributed by atoms with Gasteiger partial charge in [-0.1, -0.05) is 17.7 Å². The van der Waals surface area contributed by atoms with E-state index in [1.165, 1.54) is 0 Å². The van der Waals surface area contributed by atoms with Gasteiger partial charge in [0.2, 0.25) is 0 Å². The van der Waals surface area contributed by atoms with Gasteiger partial charge in [-0.2, -0.15) is 0 Å². The molecule has 2 rings (SSSR count). The summed E-state index contributed by atoms with van der Waals surface area (Å²) in [7, 11) is 0. The van der Waals surface area contributed by atoms with Crippen LogP contribution in [-0.2, 0) is 0 Å². The van der Waals surface area contributed by atoms with Crippen molar-refractivity contribution in [3.05, 3.63) is 59.7 Å². The highest BCUT2D eigenvalue weighted by Crippen LogP contribution is 2.15. The highest BCUT2D eigenvalue weighted by atomic mass is 35.5. The smallest absolute Gasteiger partial charge is 0.255 e. The average molecular weight is 319 g/mol. The fraction of sp³-hybridized carbons (Fsp3) is 0.235. The van der Waals surface area contributed by atoms with Crippen LogP contribution in [0.15, 0.2) is 48.5 Å². The molecule has 5 heteroatoms. The predicted molar refractivity (Wildman–Crippen MR) is 90.8 cm³/mol. The van der Waals surface area contributed by atoms with Crippen LogP contribution in [0.2, 0.25) is 0 Å². The van der Waals surface area contributed by atoms with Crippen molar-refractivity contribution in [2.75, 3.05) is 23.1 Å². The highest BCUT2D eigenvalue weighted by Gasteiger charge is 2.06. The number of aliphatic hydroxyl groups excluding tert-OH is 1. The fourth-order valence-electron chi connectivity index (χ4n) is 1.95. The molecule has 0 heterocycles. The van der Waals surface area contributed by atoms with Crippen molar-refractivity contribution in [3.63, 3.8) is 0 Å². The number of hydrogen-bond donors (Lipinski definition) is 3.